The van der Waals surface area contributed by atoms with E-state index in [1.165, 1.54) is 0 Å². The lowest BCUT2D eigenvalue weighted by atomic mass is 10.3. The van der Waals surface area contributed by atoms with Crippen LogP contribution in [0.4, 0.5) is 8.78 Å². The zero-order valence-electron chi connectivity index (χ0n) is 14.3. The molecule has 11 heteroatoms. The molecule has 0 spiro atoms. The molecule has 0 radical (unpaired) electrons. The lowest BCUT2D eigenvalue weighted by molar-refractivity contribution is -0.140. The largest absolute Gasteiger partial charge is 0.360 e. The minimum atomic E-state index is -4.40. The van der Waals surface area contributed by atoms with Crippen molar-refractivity contribution in [2.24, 2.45) is 0 Å². The number of halogens is 2. The van der Waals surface area contributed by atoms with Crippen molar-refractivity contribution in [3.05, 3.63) is 29.8 Å². The number of nitrogens with zero attached hydrogens (tertiary/aromatic N) is 1. The SMILES string of the molecule is O=C(NCC1OCCCN1S(=O)(=O)c1cc(F)ccc1F)C(=O)NC1CC1. The van der Waals surface area contributed by atoms with Gasteiger partial charge in [0.2, 0.25) is 10.0 Å². The van der Waals surface area contributed by atoms with Gasteiger partial charge in [0.25, 0.3) is 0 Å². The van der Waals surface area contributed by atoms with Gasteiger partial charge in [0, 0.05) is 12.6 Å². The first-order chi connectivity index (χ1) is 12.8. The van der Waals surface area contributed by atoms with Gasteiger partial charge in [-0.05, 0) is 37.5 Å². The molecule has 1 heterocycles. The van der Waals surface area contributed by atoms with E-state index in [0.29, 0.717) is 12.5 Å². The third-order valence-electron chi connectivity index (χ3n) is 4.19. The Morgan fingerprint density at radius 1 is 1.22 bits per heavy atom. The second-order valence-corrected chi connectivity index (χ2v) is 8.19. The average molecular weight is 403 g/mol. The van der Waals surface area contributed by atoms with Gasteiger partial charge in [0.15, 0.2) is 0 Å². The van der Waals surface area contributed by atoms with Crippen molar-refractivity contribution in [2.75, 3.05) is 19.7 Å². The predicted molar refractivity (Wildman–Crippen MR) is 88.8 cm³/mol. The van der Waals surface area contributed by atoms with Gasteiger partial charge in [-0.15, -0.1) is 0 Å². The number of rotatable bonds is 5. The Kier molecular flexibility index (Phi) is 5.72. The Hall–Kier alpha value is -2.11. The van der Waals surface area contributed by atoms with Crippen LogP contribution < -0.4 is 10.6 Å². The molecule has 8 nitrogen and oxygen atoms in total. The fourth-order valence-electron chi connectivity index (χ4n) is 2.64. The molecule has 3 rings (SSSR count). The maximum atomic E-state index is 14.0. The number of hydrogen-bond acceptors (Lipinski definition) is 5. The molecule has 1 aliphatic carbocycles. The van der Waals surface area contributed by atoms with E-state index in [1.54, 1.807) is 0 Å². The average Bonchev–Trinajstić information content (AvgIpc) is 3.45. The lowest BCUT2D eigenvalue weighted by Crippen LogP contribution is -2.53. The van der Waals surface area contributed by atoms with Crippen LogP contribution in [0.15, 0.2) is 23.1 Å². The third-order valence-corrected chi connectivity index (χ3v) is 6.09. The van der Waals surface area contributed by atoms with E-state index < -0.39 is 44.6 Å². The minimum Gasteiger partial charge on any atom is -0.360 e. The first-order valence-corrected chi connectivity index (χ1v) is 9.90. The summed E-state index contributed by atoms with van der Waals surface area (Å²) < 4.78 is 59.1. The molecule has 0 aromatic heterocycles. The Morgan fingerprint density at radius 2 is 1.96 bits per heavy atom. The lowest BCUT2D eigenvalue weighted by Gasteiger charge is -2.34. The van der Waals surface area contributed by atoms with Gasteiger partial charge in [0.05, 0.1) is 13.2 Å². The highest BCUT2D eigenvalue weighted by Gasteiger charge is 2.37. The Morgan fingerprint density at radius 3 is 2.67 bits per heavy atom. The number of carbonyl (C=O) groups is 2. The first kappa shape index (κ1) is 19.6. The van der Waals surface area contributed by atoms with Crippen LogP contribution in [0.25, 0.3) is 0 Å². The first-order valence-electron chi connectivity index (χ1n) is 8.46. The molecule has 148 valence electrons. The van der Waals surface area contributed by atoms with Gasteiger partial charge >= 0.3 is 11.8 Å². The van der Waals surface area contributed by atoms with E-state index in [2.05, 4.69) is 10.6 Å². The second kappa shape index (κ2) is 7.87. The molecule has 1 aliphatic heterocycles. The molecule has 2 amide bonds. The Bertz CT molecular complexity index is 844. The minimum absolute atomic E-state index is 0.00186. The van der Waals surface area contributed by atoms with Crippen molar-refractivity contribution < 1.29 is 31.5 Å². The molecule has 1 saturated heterocycles. The highest BCUT2D eigenvalue weighted by atomic mass is 32.2. The number of ether oxygens (including phenoxy) is 1. The summed E-state index contributed by atoms with van der Waals surface area (Å²) in [5.41, 5.74) is 0. The highest BCUT2D eigenvalue weighted by Crippen LogP contribution is 2.25. The van der Waals surface area contributed by atoms with E-state index in [-0.39, 0.29) is 25.7 Å². The van der Waals surface area contributed by atoms with Crippen LogP contribution in [0.3, 0.4) is 0 Å². The van der Waals surface area contributed by atoms with Crippen LogP contribution in [0.2, 0.25) is 0 Å². The number of benzene rings is 1. The topological polar surface area (TPSA) is 105 Å². The molecule has 27 heavy (non-hydrogen) atoms. The maximum absolute atomic E-state index is 14.0. The van der Waals surface area contributed by atoms with Gasteiger partial charge in [0.1, 0.15) is 22.8 Å². The molecule has 1 saturated carbocycles. The molecule has 0 bridgehead atoms. The Balaban J connectivity index is 1.71. The van der Waals surface area contributed by atoms with Crippen molar-refractivity contribution in [1.29, 1.82) is 0 Å². The van der Waals surface area contributed by atoms with Gasteiger partial charge in [-0.3, -0.25) is 9.59 Å². The summed E-state index contributed by atoms with van der Waals surface area (Å²) in [7, 11) is -4.40. The summed E-state index contributed by atoms with van der Waals surface area (Å²) in [5, 5.41) is 4.82. The Labute approximate surface area is 154 Å². The zero-order valence-corrected chi connectivity index (χ0v) is 15.1. The summed E-state index contributed by atoms with van der Waals surface area (Å²) >= 11 is 0. The highest BCUT2D eigenvalue weighted by molar-refractivity contribution is 7.89. The van der Waals surface area contributed by atoms with Crippen LogP contribution in [0.1, 0.15) is 19.3 Å². The summed E-state index contributed by atoms with van der Waals surface area (Å²) in [6.45, 7) is -0.0629. The van der Waals surface area contributed by atoms with E-state index in [1.807, 2.05) is 0 Å². The van der Waals surface area contributed by atoms with Gasteiger partial charge in [-0.1, -0.05) is 0 Å². The van der Waals surface area contributed by atoms with E-state index in [0.717, 1.165) is 29.3 Å². The number of carbonyl (C=O) groups excluding carboxylic acids is 2. The standard InChI is InChI=1S/C16H19F2N3O5S/c17-10-2-5-12(18)13(8-10)27(24,25)21-6-1-7-26-14(21)9-19-15(22)16(23)20-11-3-4-11/h2,5,8,11,14H,1,3-4,6-7,9H2,(H,19,22)(H,20,23). The smallest absolute Gasteiger partial charge is 0.309 e. The van der Waals surface area contributed by atoms with Gasteiger partial charge < -0.3 is 15.4 Å². The molecule has 1 atom stereocenters. The van der Waals surface area contributed by atoms with Gasteiger partial charge in [-0.2, -0.15) is 4.31 Å². The number of sulfonamides is 1. The molecule has 2 aliphatic rings. The van der Waals surface area contributed by atoms with Crippen molar-refractivity contribution in [1.82, 2.24) is 14.9 Å². The molecule has 1 aromatic carbocycles. The number of hydrogen-bond donors (Lipinski definition) is 2. The zero-order chi connectivity index (χ0) is 19.6. The molecule has 2 N–H and O–H groups in total. The fourth-order valence-corrected chi connectivity index (χ4v) is 4.29. The van der Waals surface area contributed by atoms with E-state index in [9.17, 15) is 26.8 Å². The summed E-state index contributed by atoms with van der Waals surface area (Å²) in [6, 6.07) is 2.14. The number of nitrogens with one attached hydrogen (secondary N) is 2. The van der Waals surface area contributed by atoms with Crippen molar-refractivity contribution in [2.45, 2.75) is 36.4 Å². The second-order valence-electron chi connectivity index (χ2n) is 6.33. The monoisotopic (exact) mass is 403 g/mol. The maximum Gasteiger partial charge on any atom is 0.309 e. The summed E-state index contributed by atoms with van der Waals surface area (Å²) in [4.78, 5) is 22.7. The van der Waals surface area contributed by atoms with E-state index >= 15 is 0 Å². The molecular weight excluding hydrogens is 384 g/mol. The fraction of sp³-hybridized carbons (Fsp3) is 0.500. The summed E-state index contributed by atoms with van der Waals surface area (Å²) in [5.74, 6) is -3.70. The molecule has 2 fully saturated rings. The molecule has 1 aromatic rings. The van der Waals surface area contributed by atoms with Crippen molar-refractivity contribution in [3.63, 3.8) is 0 Å². The normalized spacial score (nSPS) is 20.9. The van der Waals surface area contributed by atoms with E-state index in [4.69, 9.17) is 4.74 Å². The van der Waals surface area contributed by atoms with Crippen LogP contribution in [0, 0.1) is 11.6 Å². The summed E-state index contributed by atoms with van der Waals surface area (Å²) in [6.07, 6.45) is 0.846. The molecular formula is C16H19F2N3O5S. The quantitative estimate of drug-likeness (QED) is 0.679. The van der Waals surface area contributed by atoms with Crippen LogP contribution in [-0.4, -0.2) is 56.5 Å². The van der Waals surface area contributed by atoms with Crippen LogP contribution in [-0.2, 0) is 24.3 Å². The van der Waals surface area contributed by atoms with Crippen LogP contribution >= 0.6 is 0 Å². The number of amides is 2. The molecule has 1 unspecified atom stereocenters. The van der Waals surface area contributed by atoms with Gasteiger partial charge in [-0.25, -0.2) is 17.2 Å². The predicted octanol–water partition coefficient (Wildman–Crippen LogP) is 0.0967. The van der Waals surface area contributed by atoms with Crippen molar-refractivity contribution in [3.8, 4) is 0 Å². The third kappa shape index (κ3) is 4.60. The van der Waals surface area contributed by atoms with Crippen LogP contribution in [0.5, 0.6) is 0 Å². The van der Waals surface area contributed by atoms with Crippen molar-refractivity contribution >= 4 is 21.8 Å².